The van der Waals surface area contributed by atoms with Gasteiger partial charge in [-0.2, -0.15) is 0 Å². The number of aryl methyl sites for hydroxylation is 1. The lowest BCUT2D eigenvalue weighted by atomic mass is 9.98. The highest BCUT2D eigenvalue weighted by Crippen LogP contribution is 2.22. The molecule has 0 bridgehead atoms. The number of hydrogen-bond acceptors (Lipinski definition) is 12. The predicted octanol–water partition coefficient (Wildman–Crippen LogP) is -1.21. The molecule has 5 N–H and O–H groups in total. The summed E-state index contributed by atoms with van der Waals surface area (Å²) in [6, 6.07) is 14.4. The van der Waals surface area contributed by atoms with Crippen molar-refractivity contribution in [3.05, 3.63) is 65.6 Å². The standard InChI is InChI=1S/C21H25N7O6/c1-28-20(24-26-27-28)16(12-6-3-2-4-7-12)25-33-11-13-8-5-9-15(22-13)23-21-19(32)18(31)17(30)14(10-29)34-21/h2-9,14,17-19,21,29-32H,10-11H2,1H3,(H,22,23)/b25-16-/t14-,17-,18+,19-,21-/m1/s1. The van der Waals surface area contributed by atoms with Gasteiger partial charge in [-0.05, 0) is 22.6 Å². The van der Waals surface area contributed by atoms with Gasteiger partial charge in [-0.1, -0.05) is 41.6 Å². The lowest BCUT2D eigenvalue weighted by Gasteiger charge is -2.40. The van der Waals surface area contributed by atoms with Crippen LogP contribution >= 0.6 is 0 Å². The number of tetrazole rings is 1. The molecule has 0 unspecified atom stereocenters. The third-order valence-corrected chi connectivity index (χ3v) is 5.24. The lowest BCUT2D eigenvalue weighted by molar-refractivity contribution is -0.221. The van der Waals surface area contributed by atoms with Crippen molar-refractivity contribution in [3.8, 4) is 0 Å². The maximum absolute atomic E-state index is 10.2. The van der Waals surface area contributed by atoms with Crippen LogP contribution in [-0.4, -0.2) is 88.6 Å². The molecule has 3 aromatic rings. The Morgan fingerprint density at radius 3 is 2.59 bits per heavy atom. The Labute approximate surface area is 194 Å². The molecular formula is C21H25N7O6. The molecule has 0 aliphatic carbocycles. The first-order valence-corrected chi connectivity index (χ1v) is 10.5. The number of nitrogens with one attached hydrogen (secondary N) is 1. The minimum atomic E-state index is -1.49. The summed E-state index contributed by atoms with van der Waals surface area (Å²) in [4.78, 5) is 9.95. The second-order valence-corrected chi connectivity index (χ2v) is 7.61. The molecule has 13 nitrogen and oxygen atoms in total. The third kappa shape index (κ3) is 5.18. The molecule has 180 valence electrons. The van der Waals surface area contributed by atoms with Gasteiger partial charge in [0.05, 0.1) is 12.3 Å². The zero-order valence-electron chi connectivity index (χ0n) is 18.2. The summed E-state index contributed by atoms with van der Waals surface area (Å²) in [5.41, 5.74) is 1.73. The Hall–Kier alpha value is -3.49. The van der Waals surface area contributed by atoms with E-state index in [1.54, 1.807) is 25.2 Å². The van der Waals surface area contributed by atoms with Crippen molar-refractivity contribution in [2.24, 2.45) is 12.2 Å². The summed E-state index contributed by atoms with van der Waals surface area (Å²) in [6.45, 7) is -0.501. The number of aromatic nitrogens is 5. The van der Waals surface area contributed by atoms with Gasteiger partial charge < -0.3 is 35.3 Å². The Morgan fingerprint density at radius 2 is 1.88 bits per heavy atom. The number of hydrogen-bond donors (Lipinski definition) is 5. The average Bonchev–Trinajstić information content (AvgIpc) is 3.28. The van der Waals surface area contributed by atoms with Gasteiger partial charge in [0.2, 0.25) is 5.82 Å². The first-order chi connectivity index (χ1) is 16.5. The molecular weight excluding hydrogens is 446 g/mol. The van der Waals surface area contributed by atoms with E-state index in [1.807, 2.05) is 30.3 Å². The number of aliphatic hydroxyl groups excluding tert-OH is 4. The highest BCUT2D eigenvalue weighted by molar-refractivity contribution is 6.10. The Balaban J connectivity index is 1.46. The van der Waals surface area contributed by atoms with Gasteiger partial charge in [0.25, 0.3) is 0 Å². The Morgan fingerprint density at radius 1 is 1.09 bits per heavy atom. The zero-order chi connectivity index (χ0) is 24.1. The normalized spacial score (nSPS) is 25.2. The van der Waals surface area contributed by atoms with Gasteiger partial charge >= 0.3 is 0 Å². The number of pyridine rings is 1. The topological polar surface area (TPSA) is 180 Å². The quantitative estimate of drug-likeness (QED) is 0.196. The van der Waals surface area contributed by atoms with Crippen LogP contribution < -0.4 is 5.32 Å². The molecule has 1 aliphatic heterocycles. The van der Waals surface area contributed by atoms with Gasteiger partial charge in [-0.25, -0.2) is 9.67 Å². The molecule has 1 saturated heterocycles. The number of benzene rings is 1. The summed E-state index contributed by atoms with van der Waals surface area (Å²) in [5, 5.41) is 58.0. The summed E-state index contributed by atoms with van der Waals surface area (Å²) >= 11 is 0. The molecule has 34 heavy (non-hydrogen) atoms. The second kappa shape index (κ2) is 10.6. The van der Waals surface area contributed by atoms with Crippen molar-refractivity contribution in [1.82, 2.24) is 25.2 Å². The third-order valence-electron chi connectivity index (χ3n) is 5.24. The Bertz CT molecular complexity index is 1110. The number of aliphatic hydroxyl groups is 4. The fraction of sp³-hybridized carbons (Fsp3) is 0.381. The van der Waals surface area contributed by atoms with Crippen LogP contribution in [-0.2, 0) is 23.2 Å². The largest absolute Gasteiger partial charge is 0.394 e. The van der Waals surface area contributed by atoms with E-state index in [0.717, 1.165) is 5.56 Å². The number of oxime groups is 1. The maximum atomic E-state index is 10.2. The van der Waals surface area contributed by atoms with Crippen molar-refractivity contribution in [2.75, 3.05) is 11.9 Å². The number of anilines is 1. The zero-order valence-corrected chi connectivity index (χ0v) is 18.2. The van der Waals surface area contributed by atoms with Crippen LogP contribution in [0.3, 0.4) is 0 Å². The van der Waals surface area contributed by atoms with Crippen molar-refractivity contribution in [2.45, 2.75) is 37.3 Å². The van der Waals surface area contributed by atoms with Gasteiger partial charge in [0.1, 0.15) is 30.2 Å². The van der Waals surface area contributed by atoms with E-state index in [-0.39, 0.29) is 6.61 Å². The van der Waals surface area contributed by atoms with E-state index in [4.69, 9.17) is 9.57 Å². The van der Waals surface area contributed by atoms with Crippen LogP contribution in [0, 0.1) is 0 Å². The van der Waals surface area contributed by atoms with E-state index < -0.39 is 37.3 Å². The van der Waals surface area contributed by atoms with E-state index in [9.17, 15) is 20.4 Å². The van der Waals surface area contributed by atoms with E-state index in [2.05, 4.69) is 31.0 Å². The number of rotatable bonds is 8. The maximum Gasteiger partial charge on any atom is 0.204 e. The first-order valence-electron chi connectivity index (χ1n) is 10.5. The fourth-order valence-electron chi connectivity index (χ4n) is 3.42. The fourth-order valence-corrected chi connectivity index (χ4v) is 3.42. The summed E-state index contributed by atoms with van der Waals surface area (Å²) in [7, 11) is 1.70. The molecule has 3 heterocycles. The van der Waals surface area contributed by atoms with E-state index in [0.29, 0.717) is 23.0 Å². The monoisotopic (exact) mass is 471 g/mol. The van der Waals surface area contributed by atoms with Crippen molar-refractivity contribution >= 4 is 11.5 Å². The number of nitrogens with zero attached hydrogens (tertiary/aromatic N) is 6. The second-order valence-electron chi connectivity index (χ2n) is 7.61. The highest BCUT2D eigenvalue weighted by atomic mass is 16.6. The van der Waals surface area contributed by atoms with Gasteiger partial charge in [0.15, 0.2) is 18.5 Å². The molecule has 1 fully saturated rings. The summed E-state index contributed by atoms with van der Waals surface area (Å²) in [6.07, 6.45) is -6.48. The molecule has 2 aromatic heterocycles. The predicted molar refractivity (Wildman–Crippen MR) is 117 cm³/mol. The average molecular weight is 471 g/mol. The van der Waals surface area contributed by atoms with Crippen LogP contribution in [0.5, 0.6) is 0 Å². The molecule has 1 aromatic carbocycles. The molecule has 0 amide bonds. The van der Waals surface area contributed by atoms with Crippen molar-refractivity contribution < 1.29 is 30.0 Å². The molecule has 4 rings (SSSR count). The van der Waals surface area contributed by atoms with Gasteiger partial charge in [-0.3, -0.25) is 0 Å². The van der Waals surface area contributed by atoms with Crippen molar-refractivity contribution in [1.29, 1.82) is 0 Å². The number of ether oxygens (including phenoxy) is 1. The van der Waals surface area contributed by atoms with Gasteiger partial charge in [0, 0.05) is 12.6 Å². The minimum Gasteiger partial charge on any atom is -0.394 e. The molecule has 13 heteroatoms. The van der Waals surface area contributed by atoms with Crippen molar-refractivity contribution in [3.63, 3.8) is 0 Å². The van der Waals surface area contributed by atoms with Crippen LogP contribution in [0.15, 0.2) is 53.7 Å². The Kier molecular flexibility index (Phi) is 7.40. The van der Waals surface area contributed by atoms with E-state index in [1.165, 1.54) is 4.68 Å². The SMILES string of the molecule is Cn1nnnc1/C(=N\OCc1cccc(N[C@@H]2O[C@H](CO)[C@@H](O)[C@H](O)[C@H]2O)n1)c1ccccc1. The first kappa shape index (κ1) is 23.7. The minimum absolute atomic E-state index is 0.0197. The van der Waals surface area contributed by atoms with E-state index >= 15 is 0 Å². The molecule has 5 atom stereocenters. The smallest absolute Gasteiger partial charge is 0.204 e. The lowest BCUT2D eigenvalue weighted by Crippen LogP contribution is -2.60. The van der Waals surface area contributed by atoms with Crippen LogP contribution in [0.25, 0.3) is 0 Å². The molecule has 0 radical (unpaired) electrons. The van der Waals surface area contributed by atoms with Crippen LogP contribution in [0.1, 0.15) is 17.1 Å². The van der Waals surface area contributed by atoms with Crippen LogP contribution in [0.2, 0.25) is 0 Å². The highest BCUT2D eigenvalue weighted by Gasteiger charge is 2.43. The van der Waals surface area contributed by atoms with Crippen LogP contribution in [0.4, 0.5) is 5.82 Å². The summed E-state index contributed by atoms with van der Waals surface area (Å²) in [5.74, 6) is 0.757. The van der Waals surface area contributed by atoms with Gasteiger partial charge in [-0.15, -0.1) is 5.10 Å². The molecule has 0 saturated carbocycles. The molecule has 1 aliphatic rings. The molecule has 0 spiro atoms. The summed E-state index contributed by atoms with van der Waals surface area (Å²) < 4.78 is 6.94.